The van der Waals surface area contributed by atoms with Gasteiger partial charge in [0.1, 0.15) is 5.58 Å². The van der Waals surface area contributed by atoms with Crippen LogP contribution in [-0.2, 0) is 4.79 Å². The molecule has 0 saturated heterocycles. The molecule has 99 valence electrons. The average molecular weight is 259 g/mol. The molecule has 0 aliphatic heterocycles. The zero-order chi connectivity index (χ0) is 13.8. The molecule has 3 N–H and O–H groups in total. The Morgan fingerprint density at radius 2 is 2.21 bits per heavy atom. The maximum atomic E-state index is 12.0. The van der Waals surface area contributed by atoms with Gasteiger partial charge in [-0.1, -0.05) is 13.0 Å². The maximum Gasteiger partial charge on any atom is 0.252 e. The van der Waals surface area contributed by atoms with E-state index in [1.807, 2.05) is 0 Å². The lowest BCUT2D eigenvalue weighted by atomic mass is 10.1. The van der Waals surface area contributed by atoms with Crippen molar-refractivity contribution in [3.63, 3.8) is 0 Å². The SMILES string of the molecule is C[C@H]([CH]CNC(=O)c1cccc2occc12)C(N)=O. The second-order valence-corrected chi connectivity index (χ2v) is 4.27. The number of carbonyl (C=O) groups excluding carboxylic acids is 2. The Morgan fingerprint density at radius 3 is 2.95 bits per heavy atom. The van der Waals surface area contributed by atoms with Crippen molar-refractivity contribution in [3.05, 3.63) is 42.5 Å². The maximum absolute atomic E-state index is 12.0. The Morgan fingerprint density at radius 1 is 1.42 bits per heavy atom. The van der Waals surface area contributed by atoms with Gasteiger partial charge in [0.2, 0.25) is 5.91 Å². The number of fused-ring (bicyclic) bond motifs is 1. The zero-order valence-electron chi connectivity index (χ0n) is 10.6. The van der Waals surface area contributed by atoms with E-state index in [-0.39, 0.29) is 18.4 Å². The third-order valence-electron chi connectivity index (χ3n) is 2.92. The topological polar surface area (TPSA) is 85.3 Å². The highest BCUT2D eigenvalue weighted by molar-refractivity contribution is 6.05. The summed E-state index contributed by atoms with van der Waals surface area (Å²) in [6.07, 6.45) is 3.21. The first-order chi connectivity index (χ1) is 9.09. The molecule has 5 heteroatoms. The highest BCUT2D eigenvalue weighted by atomic mass is 16.3. The number of hydrogen-bond acceptors (Lipinski definition) is 3. The van der Waals surface area contributed by atoms with Crippen LogP contribution >= 0.6 is 0 Å². The van der Waals surface area contributed by atoms with E-state index in [1.165, 1.54) is 0 Å². The van der Waals surface area contributed by atoms with Gasteiger partial charge in [0, 0.05) is 17.8 Å². The molecule has 0 aliphatic carbocycles. The molecule has 1 aromatic heterocycles. The molecule has 1 aromatic carbocycles. The van der Waals surface area contributed by atoms with Gasteiger partial charge < -0.3 is 15.5 Å². The van der Waals surface area contributed by atoms with Crippen LogP contribution in [-0.4, -0.2) is 18.4 Å². The van der Waals surface area contributed by atoms with Gasteiger partial charge in [-0.2, -0.15) is 0 Å². The van der Waals surface area contributed by atoms with E-state index in [9.17, 15) is 9.59 Å². The third-order valence-corrected chi connectivity index (χ3v) is 2.92. The van der Waals surface area contributed by atoms with Crippen LogP contribution in [0.15, 0.2) is 34.9 Å². The molecule has 0 unspecified atom stereocenters. The largest absolute Gasteiger partial charge is 0.464 e. The lowest BCUT2D eigenvalue weighted by Gasteiger charge is -2.08. The van der Waals surface area contributed by atoms with Crippen molar-refractivity contribution >= 4 is 22.8 Å². The number of benzene rings is 1. The molecule has 0 fully saturated rings. The first-order valence-corrected chi connectivity index (χ1v) is 5.96. The van der Waals surface area contributed by atoms with E-state index >= 15 is 0 Å². The summed E-state index contributed by atoms with van der Waals surface area (Å²) in [6.45, 7) is 1.97. The fraction of sp³-hybridized carbons (Fsp3) is 0.214. The van der Waals surface area contributed by atoms with E-state index in [2.05, 4.69) is 5.32 Å². The number of amides is 2. The summed E-state index contributed by atoms with van der Waals surface area (Å²) >= 11 is 0. The minimum Gasteiger partial charge on any atom is -0.464 e. The quantitative estimate of drug-likeness (QED) is 0.853. The second-order valence-electron chi connectivity index (χ2n) is 4.27. The summed E-state index contributed by atoms with van der Waals surface area (Å²) in [7, 11) is 0. The molecule has 19 heavy (non-hydrogen) atoms. The molecule has 0 aliphatic rings. The Hall–Kier alpha value is -2.30. The molecule has 5 nitrogen and oxygen atoms in total. The zero-order valence-corrected chi connectivity index (χ0v) is 10.6. The number of nitrogens with one attached hydrogen (secondary N) is 1. The van der Waals surface area contributed by atoms with Crippen LogP contribution in [0.3, 0.4) is 0 Å². The van der Waals surface area contributed by atoms with Gasteiger partial charge in [0.15, 0.2) is 0 Å². The smallest absolute Gasteiger partial charge is 0.252 e. The van der Waals surface area contributed by atoms with Crippen molar-refractivity contribution in [3.8, 4) is 0 Å². The monoisotopic (exact) mass is 259 g/mol. The van der Waals surface area contributed by atoms with Crippen molar-refractivity contribution in [2.75, 3.05) is 6.54 Å². The number of nitrogens with two attached hydrogens (primary N) is 1. The lowest BCUT2D eigenvalue weighted by Crippen LogP contribution is -2.29. The number of hydrogen-bond donors (Lipinski definition) is 2. The van der Waals surface area contributed by atoms with Gasteiger partial charge in [-0.05, 0) is 24.6 Å². The molecule has 1 atom stereocenters. The van der Waals surface area contributed by atoms with E-state index in [0.717, 1.165) is 5.39 Å². The molecule has 0 spiro atoms. The second kappa shape index (κ2) is 5.56. The molecule has 2 rings (SSSR count). The van der Waals surface area contributed by atoms with E-state index in [1.54, 1.807) is 43.9 Å². The minimum atomic E-state index is -0.411. The van der Waals surface area contributed by atoms with Gasteiger partial charge in [0.25, 0.3) is 5.91 Å². The van der Waals surface area contributed by atoms with Gasteiger partial charge in [0.05, 0.1) is 11.8 Å². The molecule has 2 aromatic rings. The van der Waals surface area contributed by atoms with Crippen molar-refractivity contribution < 1.29 is 14.0 Å². The van der Waals surface area contributed by atoms with Gasteiger partial charge >= 0.3 is 0 Å². The minimum absolute atomic E-state index is 0.208. The van der Waals surface area contributed by atoms with Crippen LogP contribution in [0.25, 0.3) is 11.0 Å². The highest BCUT2D eigenvalue weighted by Gasteiger charge is 2.13. The van der Waals surface area contributed by atoms with Crippen molar-refractivity contribution in [1.82, 2.24) is 5.32 Å². The molecule has 1 heterocycles. The van der Waals surface area contributed by atoms with Gasteiger partial charge in [-0.15, -0.1) is 0 Å². The van der Waals surface area contributed by atoms with Crippen molar-refractivity contribution in [1.29, 1.82) is 0 Å². The lowest BCUT2D eigenvalue weighted by molar-refractivity contribution is -0.120. The predicted octanol–water partition coefficient (Wildman–Crippen LogP) is 1.49. The molecule has 1 radical (unpaired) electrons. The van der Waals surface area contributed by atoms with Crippen molar-refractivity contribution in [2.45, 2.75) is 6.92 Å². The third kappa shape index (κ3) is 2.93. The van der Waals surface area contributed by atoms with E-state index in [0.29, 0.717) is 11.1 Å². The molecule has 0 saturated carbocycles. The Balaban J connectivity index is 2.00. The summed E-state index contributed by atoms with van der Waals surface area (Å²) in [5.74, 6) is -0.990. The molecule has 2 amide bonds. The summed E-state index contributed by atoms with van der Waals surface area (Å²) in [6, 6.07) is 7.04. The predicted molar refractivity (Wildman–Crippen MR) is 71.2 cm³/mol. The Kier molecular flexibility index (Phi) is 3.85. The van der Waals surface area contributed by atoms with Crippen LogP contribution in [0.5, 0.6) is 0 Å². The first kappa shape index (κ1) is 13.1. The van der Waals surface area contributed by atoms with Gasteiger partial charge in [-0.3, -0.25) is 9.59 Å². The summed E-state index contributed by atoms with van der Waals surface area (Å²) in [5, 5.41) is 3.49. The number of furan rings is 1. The van der Waals surface area contributed by atoms with Crippen LogP contribution in [0.1, 0.15) is 17.3 Å². The molecular weight excluding hydrogens is 244 g/mol. The Bertz CT molecular complexity index is 604. The highest BCUT2D eigenvalue weighted by Crippen LogP contribution is 2.19. The van der Waals surface area contributed by atoms with Crippen molar-refractivity contribution in [2.24, 2.45) is 11.7 Å². The normalized spacial score (nSPS) is 12.3. The van der Waals surface area contributed by atoms with E-state index in [4.69, 9.17) is 10.2 Å². The number of primary amides is 1. The number of carbonyl (C=O) groups is 2. The summed E-state index contributed by atoms with van der Waals surface area (Å²) < 4.78 is 5.23. The summed E-state index contributed by atoms with van der Waals surface area (Å²) in [4.78, 5) is 22.9. The number of rotatable bonds is 5. The molecular formula is C14H15N2O3. The van der Waals surface area contributed by atoms with Crippen LogP contribution in [0, 0.1) is 12.3 Å². The van der Waals surface area contributed by atoms with Crippen LogP contribution < -0.4 is 11.1 Å². The fourth-order valence-corrected chi connectivity index (χ4v) is 1.73. The van der Waals surface area contributed by atoms with Crippen LogP contribution in [0.2, 0.25) is 0 Å². The fourth-order valence-electron chi connectivity index (χ4n) is 1.73. The summed E-state index contributed by atoms with van der Waals surface area (Å²) in [5.41, 5.74) is 6.35. The van der Waals surface area contributed by atoms with Gasteiger partial charge in [-0.25, -0.2) is 0 Å². The first-order valence-electron chi connectivity index (χ1n) is 5.96. The van der Waals surface area contributed by atoms with Crippen LogP contribution in [0.4, 0.5) is 0 Å². The Labute approximate surface area is 110 Å². The molecule has 0 bridgehead atoms. The van der Waals surface area contributed by atoms with E-state index < -0.39 is 5.91 Å². The average Bonchev–Trinajstić information content (AvgIpc) is 2.86. The standard InChI is InChI=1S/C14H15N2O3/c1-9(13(15)17)5-7-16-14(18)11-3-2-4-12-10(11)6-8-19-12/h2-6,8-9H,7H2,1H3,(H2,15,17)(H,16,18)/t9-/m1/s1.